The van der Waals surface area contributed by atoms with Gasteiger partial charge in [0.25, 0.3) is 0 Å². The van der Waals surface area contributed by atoms with Crippen molar-refractivity contribution >= 4 is 11.9 Å². The maximum Gasteiger partial charge on any atom is 0.303 e. The van der Waals surface area contributed by atoms with Crippen molar-refractivity contribution in [1.29, 1.82) is 0 Å². The van der Waals surface area contributed by atoms with Gasteiger partial charge in [0.2, 0.25) is 5.91 Å². The predicted molar refractivity (Wildman–Crippen MR) is 73.9 cm³/mol. The van der Waals surface area contributed by atoms with Gasteiger partial charge < -0.3 is 10.4 Å². The molecule has 1 rings (SSSR count). The number of amides is 1. The molecule has 0 aromatic heterocycles. The van der Waals surface area contributed by atoms with Crippen LogP contribution in [0.5, 0.6) is 0 Å². The van der Waals surface area contributed by atoms with Crippen LogP contribution in [-0.2, 0) is 16.0 Å². The van der Waals surface area contributed by atoms with Gasteiger partial charge in [-0.1, -0.05) is 43.2 Å². The number of nitrogens with one attached hydrogen (secondary N) is 1. The zero-order valence-corrected chi connectivity index (χ0v) is 11.5. The number of aliphatic carboxylic acids is 1. The second kappa shape index (κ2) is 7.56. The summed E-state index contributed by atoms with van der Waals surface area (Å²) < 4.78 is 0. The fourth-order valence-electron chi connectivity index (χ4n) is 1.82. The van der Waals surface area contributed by atoms with E-state index in [0.29, 0.717) is 13.0 Å². The summed E-state index contributed by atoms with van der Waals surface area (Å²) in [5.74, 6) is -0.883. The molecule has 1 aromatic carbocycles. The van der Waals surface area contributed by atoms with Gasteiger partial charge >= 0.3 is 5.97 Å². The third kappa shape index (κ3) is 6.04. The number of carboxylic acids is 1. The molecule has 1 aromatic rings. The molecule has 1 amide bonds. The molecule has 1 unspecified atom stereocenters. The number of carbonyl (C=O) groups is 2. The SMILES string of the molecule is CCC(CNC(=O)Cc1ccc(C)cc1)CC(=O)O. The van der Waals surface area contributed by atoms with Gasteiger partial charge in [0.05, 0.1) is 6.42 Å². The Labute approximate surface area is 113 Å². The molecule has 19 heavy (non-hydrogen) atoms. The van der Waals surface area contributed by atoms with Crippen LogP contribution >= 0.6 is 0 Å². The average molecular weight is 263 g/mol. The zero-order valence-electron chi connectivity index (χ0n) is 11.5. The summed E-state index contributed by atoms with van der Waals surface area (Å²) in [4.78, 5) is 22.4. The van der Waals surface area contributed by atoms with Crippen LogP contribution in [-0.4, -0.2) is 23.5 Å². The first kappa shape index (κ1) is 15.2. The van der Waals surface area contributed by atoms with Gasteiger partial charge in [0.1, 0.15) is 0 Å². The van der Waals surface area contributed by atoms with Crippen molar-refractivity contribution in [1.82, 2.24) is 5.32 Å². The minimum Gasteiger partial charge on any atom is -0.481 e. The van der Waals surface area contributed by atoms with Crippen LogP contribution in [0, 0.1) is 12.8 Å². The van der Waals surface area contributed by atoms with Gasteiger partial charge in [0, 0.05) is 13.0 Å². The van der Waals surface area contributed by atoms with Crippen molar-refractivity contribution in [2.45, 2.75) is 33.1 Å². The van der Waals surface area contributed by atoms with Crippen LogP contribution < -0.4 is 5.32 Å². The summed E-state index contributed by atoms with van der Waals surface area (Å²) >= 11 is 0. The van der Waals surface area contributed by atoms with Gasteiger partial charge in [-0.3, -0.25) is 9.59 Å². The molecule has 0 aliphatic heterocycles. The quantitative estimate of drug-likeness (QED) is 0.792. The maximum absolute atomic E-state index is 11.7. The molecule has 0 spiro atoms. The van der Waals surface area contributed by atoms with Gasteiger partial charge in [-0.2, -0.15) is 0 Å². The Bertz CT molecular complexity index is 426. The van der Waals surface area contributed by atoms with E-state index in [1.165, 1.54) is 0 Å². The van der Waals surface area contributed by atoms with Crippen LogP contribution in [0.1, 0.15) is 30.9 Å². The lowest BCUT2D eigenvalue weighted by Gasteiger charge is -2.13. The molecule has 2 N–H and O–H groups in total. The molecule has 0 fully saturated rings. The van der Waals surface area contributed by atoms with Gasteiger partial charge in [-0.15, -0.1) is 0 Å². The number of benzene rings is 1. The van der Waals surface area contributed by atoms with Gasteiger partial charge in [0.15, 0.2) is 0 Å². The molecule has 0 saturated heterocycles. The number of carboxylic acid groups (broad SMARTS) is 1. The molecule has 0 saturated carbocycles. The highest BCUT2D eigenvalue weighted by atomic mass is 16.4. The van der Waals surface area contributed by atoms with Crippen LogP contribution in [0.2, 0.25) is 0 Å². The molecule has 4 heteroatoms. The summed E-state index contributed by atoms with van der Waals surface area (Å²) in [6, 6.07) is 7.82. The Balaban J connectivity index is 2.38. The monoisotopic (exact) mass is 263 g/mol. The minimum atomic E-state index is -0.820. The first-order valence-corrected chi connectivity index (χ1v) is 6.55. The minimum absolute atomic E-state index is 0.000493. The molecule has 0 aliphatic carbocycles. The number of hydrogen-bond donors (Lipinski definition) is 2. The van der Waals surface area contributed by atoms with Crippen LogP contribution in [0.15, 0.2) is 24.3 Å². The lowest BCUT2D eigenvalue weighted by Crippen LogP contribution is -2.31. The second-order valence-electron chi connectivity index (χ2n) is 4.84. The first-order valence-electron chi connectivity index (χ1n) is 6.55. The Morgan fingerprint density at radius 2 is 1.89 bits per heavy atom. The van der Waals surface area contributed by atoms with Crippen LogP contribution in [0.25, 0.3) is 0 Å². The van der Waals surface area contributed by atoms with E-state index < -0.39 is 5.97 Å². The summed E-state index contributed by atoms with van der Waals surface area (Å²) in [5, 5.41) is 11.5. The van der Waals surface area contributed by atoms with Gasteiger partial charge in [-0.05, 0) is 18.4 Å². The fourth-order valence-corrected chi connectivity index (χ4v) is 1.82. The van der Waals surface area contributed by atoms with E-state index in [2.05, 4.69) is 5.32 Å². The number of rotatable bonds is 7. The lowest BCUT2D eigenvalue weighted by molar-refractivity contribution is -0.138. The van der Waals surface area contributed by atoms with Crippen molar-refractivity contribution in [3.8, 4) is 0 Å². The average Bonchev–Trinajstić information content (AvgIpc) is 2.37. The van der Waals surface area contributed by atoms with Crippen molar-refractivity contribution in [3.05, 3.63) is 35.4 Å². The van der Waals surface area contributed by atoms with E-state index in [1.807, 2.05) is 38.1 Å². The zero-order chi connectivity index (χ0) is 14.3. The third-order valence-electron chi connectivity index (χ3n) is 3.11. The van der Waals surface area contributed by atoms with Crippen molar-refractivity contribution in [2.75, 3.05) is 6.54 Å². The smallest absolute Gasteiger partial charge is 0.303 e. The lowest BCUT2D eigenvalue weighted by atomic mass is 10.0. The van der Waals surface area contributed by atoms with Crippen molar-refractivity contribution < 1.29 is 14.7 Å². The molecule has 1 atom stereocenters. The second-order valence-corrected chi connectivity index (χ2v) is 4.84. The highest BCUT2D eigenvalue weighted by Crippen LogP contribution is 2.07. The topological polar surface area (TPSA) is 66.4 Å². The summed E-state index contributed by atoms with van der Waals surface area (Å²) in [6.45, 7) is 4.36. The fraction of sp³-hybridized carbons (Fsp3) is 0.467. The molecular formula is C15H21NO3. The predicted octanol–water partition coefficient (Wildman–Crippen LogP) is 2.15. The first-order chi connectivity index (χ1) is 9.01. The Hall–Kier alpha value is -1.84. The Morgan fingerprint density at radius 3 is 2.42 bits per heavy atom. The number of aryl methyl sites for hydroxylation is 1. The Kier molecular flexibility index (Phi) is 6.06. The summed E-state index contributed by atoms with van der Waals surface area (Å²) in [6.07, 6.45) is 1.18. The molecule has 0 radical (unpaired) electrons. The summed E-state index contributed by atoms with van der Waals surface area (Å²) in [7, 11) is 0. The van der Waals surface area contributed by atoms with Crippen molar-refractivity contribution in [2.24, 2.45) is 5.92 Å². The largest absolute Gasteiger partial charge is 0.481 e. The molecular weight excluding hydrogens is 242 g/mol. The van der Waals surface area contributed by atoms with E-state index in [-0.39, 0.29) is 18.2 Å². The van der Waals surface area contributed by atoms with Gasteiger partial charge in [-0.25, -0.2) is 0 Å². The van der Waals surface area contributed by atoms with E-state index in [9.17, 15) is 9.59 Å². The maximum atomic E-state index is 11.7. The van der Waals surface area contributed by atoms with E-state index in [0.717, 1.165) is 17.5 Å². The molecule has 0 aliphatic rings. The number of carbonyl (C=O) groups excluding carboxylic acids is 1. The molecule has 4 nitrogen and oxygen atoms in total. The van der Waals surface area contributed by atoms with E-state index in [1.54, 1.807) is 0 Å². The molecule has 0 heterocycles. The van der Waals surface area contributed by atoms with E-state index >= 15 is 0 Å². The number of hydrogen-bond acceptors (Lipinski definition) is 2. The highest BCUT2D eigenvalue weighted by Gasteiger charge is 2.12. The highest BCUT2D eigenvalue weighted by molar-refractivity contribution is 5.78. The molecule has 0 bridgehead atoms. The van der Waals surface area contributed by atoms with Crippen LogP contribution in [0.4, 0.5) is 0 Å². The summed E-state index contributed by atoms with van der Waals surface area (Å²) in [5.41, 5.74) is 2.13. The standard InChI is InChI=1S/C15H21NO3/c1-3-12(9-15(18)19)10-16-14(17)8-13-6-4-11(2)5-7-13/h4-7,12H,3,8-10H2,1-2H3,(H,16,17)(H,18,19). The molecule has 104 valence electrons. The normalized spacial score (nSPS) is 11.9. The van der Waals surface area contributed by atoms with Crippen LogP contribution in [0.3, 0.4) is 0 Å². The third-order valence-corrected chi connectivity index (χ3v) is 3.11. The van der Waals surface area contributed by atoms with E-state index in [4.69, 9.17) is 5.11 Å². The van der Waals surface area contributed by atoms with Crippen molar-refractivity contribution in [3.63, 3.8) is 0 Å². The Morgan fingerprint density at radius 1 is 1.26 bits per heavy atom.